The highest BCUT2D eigenvalue weighted by Gasteiger charge is 2.11. The van der Waals surface area contributed by atoms with Gasteiger partial charge in [-0.05, 0) is 57.2 Å². The zero-order valence-corrected chi connectivity index (χ0v) is 13.5. The molecule has 0 heterocycles. The van der Waals surface area contributed by atoms with Crippen molar-refractivity contribution in [3.8, 4) is 11.5 Å². The Labute approximate surface area is 132 Å². The second-order valence-electron chi connectivity index (χ2n) is 5.41. The van der Waals surface area contributed by atoms with Crippen molar-refractivity contribution in [2.75, 3.05) is 20.3 Å². The number of amides is 1. The van der Waals surface area contributed by atoms with Crippen molar-refractivity contribution in [3.05, 3.63) is 35.4 Å². The predicted octanol–water partition coefficient (Wildman–Crippen LogP) is 3.71. The number of ether oxygens (including phenoxy) is 2. The third-order valence-electron chi connectivity index (χ3n) is 3.84. The summed E-state index contributed by atoms with van der Waals surface area (Å²) >= 11 is 0. The molecule has 0 radical (unpaired) electrons. The van der Waals surface area contributed by atoms with Crippen molar-refractivity contribution >= 4 is 5.91 Å². The average Bonchev–Trinajstić information content (AvgIpc) is 2.56. The zero-order valence-electron chi connectivity index (χ0n) is 13.5. The van der Waals surface area contributed by atoms with E-state index >= 15 is 0 Å². The molecule has 0 bridgehead atoms. The van der Waals surface area contributed by atoms with Crippen LogP contribution in [-0.2, 0) is 0 Å². The minimum atomic E-state index is -0.0694. The standard InChI is InChI=1S/C18H25NO3/c1-3-22-17-13-15(9-10-16(17)21-2)18(20)19-12-11-14-7-5-4-6-8-14/h7,9-10,13H,3-6,8,11-12H2,1-2H3,(H,19,20). The summed E-state index contributed by atoms with van der Waals surface area (Å²) in [4.78, 5) is 12.2. The molecule has 1 aliphatic carbocycles. The summed E-state index contributed by atoms with van der Waals surface area (Å²) in [6.07, 6.45) is 8.18. The van der Waals surface area contributed by atoms with Crippen molar-refractivity contribution < 1.29 is 14.3 Å². The highest BCUT2D eigenvalue weighted by atomic mass is 16.5. The largest absolute Gasteiger partial charge is 0.493 e. The number of hydrogen-bond donors (Lipinski definition) is 1. The molecule has 4 nitrogen and oxygen atoms in total. The Morgan fingerprint density at radius 3 is 2.82 bits per heavy atom. The van der Waals surface area contributed by atoms with E-state index in [0.717, 1.165) is 6.42 Å². The number of rotatable bonds is 7. The van der Waals surface area contributed by atoms with E-state index < -0.39 is 0 Å². The van der Waals surface area contributed by atoms with Gasteiger partial charge >= 0.3 is 0 Å². The number of allylic oxidation sites excluding steroid dienone is 1. The topological polar surface area (TPSA) is 47.6 Å². The van der Waals surface area contributed by atoms with Crippen molar-refractivity contribution in [1.29, 1.82) is 0 Å². The SMILES string of the molecule is CCOc1cc(C(=O)NCCC2=CCCCC2)ccc1OC. The van der Waals surface area contributed by atoms with Gasteiger partial charge in [-0.25, -0.2) is 0 Å². The number of carbonyl (C=O) groups is 1. The lowest BCUT2D eigenvalue weighted by atomic mass is 9.97. The first kappa shape index (κ1) is 16.4. The molecule has 120 valence electrons. The maximum Gasteiger partial charge on any atom is 0.251 e. The van der Waals surface area contributed by atoms with Crippen LogP contribution in [0.3, 0.4) is 0 Å². The van der Waals surface area contributed by atoms with Crippen LogP contribution in [0.25, 0.3) is 0 Å². The van der Waals surface area contributed by atoms with Gasteiger partial charge in [0.1, 0.15) is 0 Å². The maximum absolute atomic E-state index is 12.2. The molecule has 0 fully saturated rings. The molecule has 22 heavy (non-hydrogen) atoms. The summed E-state index contributed by atoms with van der Waals surface area (Å²) in [7, 11) is 1.59. The smallest absolute Gasteiger partial charge is 0.251 e. The van der Waals surface area contributed by atoms with Crippen LogP contribution in [-0.4, -0.2) is 26.2 Å². The summed E-state index contributed by atoms with van der Waals surface area (Å²) in [5, 5.41) is 2.98. The van der Waals surface area contributed by atoms with E-state index in [1.165, 1.54) is 31.3 Å². The molecule has 4 heteroatoms. The van der Waals surface area contributed by atoms with Crippen LogP contribution in [0.15, 0.2) is 29.8 Å². The van der Waals surface area contributed by atoms with E-state index in [0.29, 0.717) is 30.2 Å². The fourth-order valence-electron chi connectivity index (χ4n) is 2.66. The van der Waals surface area contributed by atoms with Gasteiger partial charge in [0.2, 0.25) is 0 Å². The number of methoxy groups -OCH3 is 1. The van der Waals surface area contributed by atoms with Crippen LogP contribution >= 0.6 is 0 Å². The second kappa shape index (κ2) is 8.47. The van der Waals surface area contributed by atoms with Gasteiger partial charge in [-0.15, -0.1) is 0 Å². The van der Waals surface area contributed by atoms with Crippen molar-refractivity contribution in [1.82, 2.24) is 5.32 Å². The molecule has 0 saturated carbocycles. The minimum absolute atomic E-state index is 0.0694. The van der Waals surface area contributed by atoms with Crippen molar-refractivity contribution in [2.45, 2.75) is 39.0 Å². The fourth-order valence-corrected chi connectivity index (χ4v) is 2.66. The van der Waals surface area contributed by atoms with Crippen LogP contribution in [0, 0.1) is 0 Å². The third-order valence-corrected chi connectivity index (χ3v) is 3.84. The molecule has 0 spiro atoms. The first-order valence-corrected chi connectivity index (χ1v) is 8.01. The number of nitrogens with one attached hydrogen (secondary N) is 1. The van der Waals surface area contributed by atoms with Crippen LogP contribution in [0.2, 0.25) is 0 Å². The van der Waals surface area contributed by atoms with E-state index in [2.05, 4.69) is 11.4 Å². The van der Waals surface area contributed by atoms with Crippen LogP contribution in [0.4, 0.5) is 0 Å². The Morgan fingerprint density at radius 2 is 2.14 bits per heavy atom. The summed E-state index contributed by atoms with van der Waals surface area (Å²) in [5.74, 6) is 1.18. The van der Waals surface area contributed by atoms with E-state index in [1.54, 1.807) is 25.3 Å². The van der Waals surface area contributed by atoms with E-state index in [1.807, 2.05) is 6.92 Å². The van der Waals surface area contributed by atoms with E-state index in [9.17, 15) is 4.79 Å². The predicted molar refractivity (Wildman–Crippen MR) is 87.7 cm³/mol. The van der Waals surface area contributed by atoms with Gasteiger partial charge in [-0.2, -0.15) is 0 Å². The summed E-state index contributed by atoms with van der Waals surface area (Å²) in [5.41, 5.74) is 2.07. The Morgan fingerprint density at radius 1 is 1.27 bits per heavy atom. The first-order valence-electron chi connectivity index (χ1n) is 8.01. The monoisotopic (exact) mass is 303 g/mol. The quantitative estimate of drug-likeness (QED) is 0.781. The van der Waals surface area contributed by atoms with Gasteiger partial charge in [0, 0.05) is 12.1 Å². The molecule has 0 aliphatic heterocycles. The molecule has 0 unspecified atom stereocenters. The van der Waals surface area contributed by atoms with Crippen LogP contribution < -0.4 is 14.8 Å². The molecular weight excluding hydrogens is 278 g/mol. The number of carbonyl (C=O) groups excluding carboxylic acids is 1. The summed E-state index contributed by atoms with van der Waals surface area (Å²) in [6, 6.07) is 5.26. The van der Waals surface area contributed by atoms with E-state index in [4.69, 9.17) is 9.47 Å². The van der Waals surface area contributed by atoms with Crippen molar-refractivity contribution in [3.63, 3.8) is 0 Å². The highest BCUT2D eigenvalue weighted by Crippen LogP contribution is 2.28. The van der Waals surface area contributed by atoms with E-state index in [-0.39, 0.29) is 5.91 Å². The van der Waals surface area contributed by atoms with Gasteiger partial charge in [0.25, 0.3) is 5.91 Å². The molecule has 1 N–H and O–H groups in total. The van der Waals surface area contributed by atoms with Gasteiger partial charge in [0.15, 0.2) is 11.5 Å². The van der Waals surface area contributed by atoms with Gasteiger partial charge in [0.05, 0.1) is 13.7 Å². The Hall–Kier alpha value is -1.97. The molecule has 1 aromatic rings. The lowest BCUT2D eigenvalue weighted by molar-refractivity contribution is 0.0953. The molecule has 0 saturated heterocycles. The summed E-state index contributed by atoms with van der Waals surface area (Å²) < 4.78 is 10.7. The lowest BCUT2D eigenvalue weighted by Gasteiger charge is -2.14. The van der Waals surface area contributed by atoms with Gasteiger partial charge in [-0.1, -0.05) is 11.6 Å². The number of hydrogen-bond acceptors (Lipinski definition) is 3. The average molecular weight is 303 g/mol. The van der Waals surface area contributed by atoms with Gasteiger partial charge < -0.3 is 14.8 Å². The third kappa shape index (κ3) is 4.52. The molecule has 0 atom stereocenters. The lowest BCUT2D eigenvalue weighted by Crippen LogP contribution is -2.25. The fraction of sp³-hybridized carbons (Fsp3) is 0.500. The van der Waals surface area contributed by atoms with Gasteiger partial charge in [-0.3, -0.25) is 4.79 Å². The Bertz CT molecular complexity index is 537. The molecular formula is C18H25NO3. The Balaban J connectivity index is 1.91. The maximum atomic E-state index is 12.2. The van der Waals surface area contributed by atoms with Crippen molar-refractivity contribution in [2.24, 2.45) is 0 Å². The zero-order chi connectivity index (χ0) is 15.8. The normalized spacial score (nSPS) is 14.2. The molecule has 2 rings (SSSR count). The molecule has 1 amide bonds. The molecule has 1 aliphatic rings. The first-order chi connectivity index (χ1) is 10.7. The van der Waals surface area contributed by atoms with Crippen LogP contribution in [0.1, 0.15) is 49.4 Å². The number of benzene rings is 1. The second-order valence-corrected chi connectivity index (χ2v) is 5.41. The summed E-state index contributed by atoms with van der Waals surface area (Å²) in [6.45, 7) is 3.13. The molecule has 0 aromatic heterocycles. The highest BCUT2D eigenvalue weighted by molar-refractivity contribution is 5.94. The van der Waals surface area contributed by atoms with Crippen LogP contribution in [0.5, 0.6) is 11.5 Å². The minimum Gasteiger partial charge on any atom is -0.493 e. The Kier molecular flexibility index (Phi) is 6.31. The molecule has 1 aromatic carbocycles.